The van der Waals surface area contributed by atoms with Crippen molar-refractivity contribution in [1.82, 2.24) is 0 Å². The van der Waals surface area contributed by atoms with Gasteiger partial charge in [0.1, 0.15) is 0 Å². The Labute approximate surface area is 127 Å². The first-order valence-corrected chi connectivity index (χ1v) is 8.63. The summed E-state index contributed by atoms with van der Waals surface area (Å²) >= 11 is 0. The highest BCUT2D eigenvalue weighted by atomic mass is 32.2. The normalized spacial score (nSPS) is 11.8. The van der Waals surface area contributed by atoms with Crippen molar-refractivity contribution in [2.24, 2.45) is 0 Å². The average Bonchev–Trinajstić information content (AvgIpc) is 2.49. The Bertz CT molecular complexity index is 604. The maximum atomic E-state index is 12.3. The minimum atomic E-state index is -3.45. The third-order valence-corrected chi connectivity index (χ3v) is 4.37. The Morgan fingerprint density at radius 3 is 2.62 bits per heavy atom. The lowest BCUT2D eigenvalue weighted by Gasteiger charge is -2.02. The smallest absolute Gasteiger partial charge is 0.200 e. The summed E-state index contributed by atoms with van der Waals surface area (Å²) in [4.78, 5) is 0.287. The summed E-state index contributed by atoms with van der Waals surface area (Å²) < 4.78 is 29.6. The lowest BCUT2D eigenvalue weighted by molar-refractivity contribution is 0.203. The molecule has 0 atom stereocenters. The summed E-state index contributed by atoms with van der Waals surface area (Å²) in [7, 11) is -1.86. The number of sulfone groups is 1. The number of hydrogen-bond acceptors (Lipinski definition) is 3. The first-order valence-electron chi connectivity index (χ1n) is 7.08. The Morgan fingerprint density at radius 2 is 2.00 bits per heavy atom. The van der Waals surface area contributed by atoms with E-state index in [1.54, 1.807) is 37.4 Å². The Morgan fingerprint density at radius 1 is 1.29 bits per heavy atom. The number of benzene rings is 1. The van der Waals surface area contributed by atoms with Crippen LogP contribution in [0.2, 0.25) is 0 Å². The van der Waals surface area contributed by atoms with E-state index in [9.17, 15) is 8.42 Å². The highest BCUT2D eigenvalue weighted by molar-refractivity contribution is 7.94. The van der Waals surface area contributed by atoms with Gasteiger partial charge in [-0.25, -0.2) is 8.42 Å². The second-order valence-electron chi connectivity index (χ2n) is 4.65. The van der Waals surface area contributed by atoms with Crippen LogP contribution in [0.25, 0.3) is 0 Å². The van der Waals surface area contributed by atoms with Crippen LogP contribution in [0.4, 0.5) is 0 Å². The molecule has 0 N–H and O–H groups in total. The van der Waals surface area contributed by atoms with Crippen LogP contribution in [-0.4, -0.2) is 22.1 Å². The Kier molecular flexibility index (Phi) is 7.81. The van der Waals surface area contributed by atoms with E-state index in [-0.39, 0.29) is 4.90 Å². The molecule has 0 heterocycles. The van der Waals surface area contributed by atoms with Gasteiger partial charge >= 0.3 is 0 Å². The monoisotopic (exact) mass is 306 g/mol. The molecule has 0 saturated carbocycles. The molecule has 4 heteroatoms. The topological polar surface area (TPSA) is 43.4 Å². The van der Waals surface area contributed by atoms with Gasteiger partial charge in [0, 0.05) is 30.9 Å². The van der Waals surface area contributed by atoms with E-state index in [1.165, 1.54) is 5.41 Å². The fourth-order valence-corrected chi connectivity index (χ4v) is 2.89. The SMILES string of the molecule is CCCCC#C/C(=C/S(=O)(=O)c1ccccc1)CCOC. The molecule has 0 aliphatic heterocycles. The van der Waals surface area contributed by atoms with Crippen molar-refractivity contribution in [3.8, 4) is 11.8 Å². The minimum Gasteiger partial charge on any atom is -0.384 e. The number of methoxy groups -OCH3 is 1. The molecule has 0 spiro atoms. The van der Waals surface area contributed by atoms with Crippen LogP contribution < -0.4 is 0 Å². The van der Waals surface area contributed by atoms with E-state index >= 15 is 0 Å². The molecule has 0 saturated heterocycles. The minimum absolute atomic E-state index is 0.287. The van der Waals surface area contributed by atoms with Crippen molar-refractivity contribution in [2.75, 3.05) is 13.7 Å². The van der Waals surface area contributed by atoms with Gasteiger partial charge in [0.25, 0.3) is 0 Å². The van der Waals surface area contributed by atoms with Gasteiger partial charge in [0.05, 0.1) is 11.5 Å². The molecular weight excluding hydrogens is 284 g/mol. The summed E-state index contributed by atoms with van der Waals surface area (Å²) in [5.41, 5.74) is 0.594. The molecule has 114 valence electrons. The summed E-state index contributed by atoms with van der Waals surface area (Å²) in [5.74, 6) is 6.00. The largest absolute Gasteiger partial charge is 0.384 e. The zero-order valence-electron chi connectivity index (χ0n) is 12.6. The molecule has 0 fully saturated rings. The van der Waals surface area contributed by atoms with Crippen molar-refractivity contribution in [1.29, 1.82) is 0 Å². The predicted molar refractivity (Wildman–Crippen MR) is 85.5 cm³/mol. The lowest BCUT2D eigenvalue weighted by atomic mass is 10.2. The van der Waals surface area contributed by atoms with Crippen molar-refractivity contribution < 1.29 is 13.2 Å². The molecule has 21 heavy (non-hydrogen) atoms. The molecule has 0 aliphatic rings. The van der Waals surface area contributed by atoms with Gasteiger partial charge in [-0.1, -0.05) is 43.4 Å². The van der Waals surface area contributed by atoms with Gasteiger partial charge in [0.15, 0.2) is 0 Å². The molecule has 1 rings (SSSR count). The van der Waals surface area contributed by atoms with E-state index in [0.717, 1.165) is 19.3 Å². The van der Waals surface area contributed by atoms with E-state index in [4.69, 9.17) is 4.74 Å². The van der Waals surface area contributed by atoms with Gasteiger partial charge in [-0.2, -0.15) is 0 Å². The van der Waals surface area contributed by atoms with Crippen molar-refractivity contribution >= 4 is 9.84 Å². The van der Waals surface area contributed by atoms with Crippen LogP contribution >= 0.6 is 0 Å². The standard InChI is InChI=1S/C17H22O3S/c1-3-4-5-7-10-16(13-14-20-2)15-21(18,19)17-11-8-6-9-12-17/h6,8-9,11-12,15H,3-5,13-14H2,1-2H3/b16-15-. The van der Waals surface area contributed by atoms with Crippen molar-refractivity contribution in [2.45, 2.75) is 37.5 Å². The van der Waals surface area contributed by atoms with Crippen LogP contribution in [0, 0.1) is 11.8 Å². The third-order valence-electron chi connectivity index (χ3n) is 2.85. The highest BCUT2D eigenvalue weighted by Gasteiger charge is 2.11. The lowest BCUT2D eigenvalue weighted by Crippen LogP contribution is -1.99. The molecule has 3 nitrogen and oxygen atoms in total. The molecular formula is C17H22O3S. The number of hydrogen-bond donors (Lipinski definition) is 0. The van der Waals surface area contributed by atoms with E-state index in [1.807, 2.05) is 0 Å². The van der Waals surface area contributed by atoms with Gasteiger partial charge in [-0.15, -0.1) is 0 Å². The van der Waals surface area contributed by atoms with E-state index < -0.39 is 9.84 Å². The number of rotatable bonds is 7. The van der Waals surface area contributed by atoms with Gasteiger partial charge in [0.2, 0.25) is 9.84 Å². The zero-order valence-corrected chi connectivity index (χ0v) is 13.4. The van der Waals surface area contributed by atoms with Crippen LogP contribution in [0.3, 0.4) is 0 Å². The first kappa shape index (κ1) is 17.5. The van der Waals surface area contributed by atoms with Gasteiger partial charge in [-0.3, -0.25) is 0 Å². The fraction of sp³-hybridized carbons (Fsp3) is 0.412. The third kappa shape index (κ3) is 6.61. The maximum Gasteiger partial charge on any atom is 0.200 e. The van der Waals surface area contributed by atoms with E-state index in [0.29, 0.717) is 18.6 Å². The molecule has 0 bridgehead atoms. The molecule has 0 aromatic heterocycles. The number of unbranched alkanes of at least 4 members (excludes halogenated alkanes) is 2. The fourth-order valence-electron chi connectivity index (χ4n) is 1.67. The zero-order chi connectivity index (χ0) is 15.6. The maximum absolute atomic E-state index is 12.3. The molecule has 1 aromatic rings. The molecule has 0 radical (unpaired) electrons. The van der Waals surface area contributed by atoms with Gasteiger partial charge in [-0.05, 0) is 18.6 Å². The van der Waals surface area contributed by atoms with Crippen LogP contribution in [0.15, 0.2) is 46.2 Å². The van der Waals surface area contributed by atoms with E-state index in [2.05, 4.69) is 18.8 Å². The summed E-state index contributed by atoms with van der Waals surface area (Å²) in [5, 5.41) is 1.26. The van der Waals surface area contributed by atoms with Crippen LogP contribution in [0.5, 0.6) is 0 Å². The second-order valence-corrected chi connectivity index (χ2v) is 6.45. The summed E-state index contributed by atoms with van der Waals surface area (Å²) in [6, 6.07) is 8.39. The number of ether oxygens (including phenoxy) is 1. The molecule has 1 aromatic carbocycles. The summed E-state index contributed by atoms with van der Waals surface area (Å²) in [6.45, 7) is 2.56. The van der Waals surface area contributed by atoms with Crippen LogP contribution in [0.1, 0.15) is 32.6 Å². The average molecular weight is 306 g/mol. The van der Waals surface area contributed by atoms with Crippen LogP contribution in [-0.2, 0) is 14.6 Å². The molecule has 0 aliphatic carbocycles. The Hall–Kier alpha value is -1.57. The molecule has 0 unspecified atom stereocenters. The first-order chi connectivity index (χ1) is 10.1. The quantitative estimate of drug-likeness (QED) is 0.571. The predicted octanol–water partition coefficient (Wildman–Crippen LogP) is 3.57. The molecule has 0 amide bonds. The van der Waals surface area contributed by atoms with Crippen molar-refractivity contribution in [3.05, 3.63) is 41.3 Å². The highest BCUT2D eigenvalue weighted by Crippen LogP contribution is 2.14. The summed E-state index contributed by atoms with van der Waals surface area (Å²) in [6.07, 6.45) is 3.39. The second kappa shape index (κ2) is 9.38. The van der Waals surface area contributed by atoms with Crippen molar-refractivity contribution in [3.63, 3.8) is 0 Å². The van der Waals surface area contributed by atoms with Gasteiger partial charge < -0.3 is 4.74 Å². The Balaban J connectivity index is 2.97.